The molecule has 0 unspecified atom stereocenters. The minimum absolute atomic E-state index is 0.0715. The Morgan fingerprint density at radius 2 is 2.33 bits per heavy atom. The molecule has 5 nitrogen and oxygen atoms in total. The van der Waals surface area contributed by atoms with E-state index in [4.69, 9.17) is 10.5 Å². The topological polar surface area (TPSA) is 77.2 Å². The Bertz CT molecular complexity index is 413. The Labute approximate surface area is 111 Å². The zero-order valence-electron chi connectivity index (χ0n) is 10.6. The molecular weight excluding hydrogens is 250 g/mol. The molecule has 0 radical (unpaired) electrons. The summed E-state index contributed by atoms with van der Waals surface area (Å²) < 4.78 is 5.22. The highest BCUT2D eigenvalue weighted by Crippen LogP contribution is 2.17. The lowest BCUT2D eigenvalue weighted by Gasteiger charge is -2.31. The summed E-state index contributed by atoms with van der Waals surface area (Å²) in [4.78, 5) is 16.4. The second kappa shape index (κ2) is 5.77. The van der Waals surface area contributed by atoms with Crippen molar-refractivity contribution in [1.29, 1.82) is 0 Å². The molecule has 100 valence electrons. The molecule has 1 aromatic heterocycles. The van der Waals surface area contributed by atoms with Gasteiger partial charge in [0.2, 0.25) is 5.91 Å². The van der Waals surface area contributed by atoms with Crippen molar-refractivity contribution < 1.29 is 9.53 Å². The Kier molecular flexibility index (Phi) is 4.31. The fourth-order valence-electron chi connectivity index (χ4n) is 1.97. The van der Waals surface area contributed by atoms with Gasteiger partial charge in [0, 0.05) is 31.6 Å². The van der Waals surface area contributed by atoms with Gasteiger partial charge in [0.05, 0.1) is 16.2 Å². The van der Waals surface area contributed by atoms with Crippen molar-refractivity contribution in [3.05, 3.63) is 16.1 Å². The van der Waals surface area contributed by atoms with Crippen LogP contribution in [0.1, 0.15) is 23.5 Å². The molecule has 1 amide bonds. The van der Waals surface area contributed by atoms with Crippen LogP contribution in [0, 0.1) is 6.92 Å². The zero-order chi connectivity index (χ0) is 13.0. The predicted molar refractivity (Wildman–Crippen MR) is 70.5 cm³/mol. The van der Waals surface area contributed by atoms with Gasteiger partial charge >= 0.3 is 0 Å². The first kappa shape index (κ1) is 13.5. The molecule has 0 bridgehead atoms. The van der Waals surface area contributed by atoms with Gasteiger partial charge in [-0.05, 0) is 19.8 Å². The van der Waals surface area contributed by atoms with E-state index in [0.29, 0.717) is 32.6 Å². The third-order valence-corrected chi connectivity index (χ3v) is 3.99. The molecule has 0 atom stereocenters. The van der Waals surface area contributed by atoms with E-state index in [2.05, 4.69) is 10.3 Å². The summed E-state index contributed by atoms with van der Waals surface area (Å²) in [7, 11) is 0. The number of nitrogens with two attached hydrogens (primary N) is 1. The summed E-state index contributed by atoms with van der Waals surface area (Å²) in [5.41, 5.74) is 6.35. The van der Waals surface area contributed by atoms with E-state index < -0.39 is 5.54 Å². The number of carbonyl (C=O) groups excluding carboxylic acids is 1. The number of carbonyl (C=O) groups is 1. The Morgan fingerprint density at radius 3 is 2.94 bits per heavy atom. The molecule has 0 aliphatic carbocycles. The van der Waals surface area contributed by atoms with E-state index in [0.717, 1.165) is 17.1 Å². The highest BCUT2D eigenvalue weighted by molar-refractivity contribution is 7.09. The van der Waals surface area contributed by atoms with Crippen LogP contribution in [0.5, 0.6) is 0 Å². The molecule has 0 aromatic carbocycles. The lowest BCUT2D eigenvalue weighted by atomic mass is 9.90. The van der Waals surface area contributed by atoms with Crippen molar-refractivity contribution in [1.82, 2.24) is 10.3 Å². The minimum atomic E-state index is -0.754. The van der Waals surface area contributed by atoms with Gasteiger partial charge in [-0.2, -0.15) is 0 Å². The number of aryl methyl sites for hydroxylation is 1. The van der Waals surface area contributed by atoms with Crippen molar-refractivity contribution in [2.45, 2.75) is 31.7 Å². The number of hydrogen-bond donors (Lipinski definition) is 2. The molecule has 1 fully saturated rings. The SMILES string of the molecule is Cc1nc(CCNC(=O)C2(N)CCOCC2)cs1. The van der Waals surface area contributed by atoms with Crippen LogP contribution in [0.2, 0.25) is 0 Å². The van der Waals surface area contributed by atoms with Crippen LogP contribution in [0.3, 0.4) is 0 Å². The maximum Gasteiger partial charge on any atom is 0.240 e. The molecule has 18 heavy (non-hydrogen) atoms. The van der Waals surface area contributed by atoms with Gasteiger partial charge in [-0.15, -0.1) is 11.3 Å². The predicted octanol–water partition coefficient (Wildman–Crippen LogP) is 0.618. The lowest BCUT2D eigenvalue weighted by Crippen LogP contribution is -2.57. The number of aromatic nitrogens is 1. The second-order valence-corrected chi connectivity index (χ2v) is 5.69. The number of nitrogens with one attached hydrogen (secondary N) is 1. The lowest BCUT2D eigenvalue weighted by molar-refractivity contribution is -0.129. The number of hydrogen-bond acceptors (Lipinski definition) is 5. The Hall–Kier alpha value is -0.980. The average molecular weight is 269 g/mol. The van der Waals surface area contributed by atoms with Crippen LogP contribution in [0.15, 0.2) is 5.38 Å². The molecule has 1 saturated heterocycles. The van der Waals surface area contributed by atoms with Crippen LogP contribution < -0.4 is 11.1 Å². The van der Waals surface area contributed by atoms with Gasteiger partial charge in [-0.25, -0.2) is 4.98 Å². The Morgan fingerprint density at radius 1 is 1.61 bits per heavy atom. The summed E-state index contributed by atoms with van der Waals surface area (Å²) in [5, 5.41) is 5.97. The maximum atomic E-state index is 12.0. The molecule has 0 spiro atoms. The van der Waals surface area contributed by atoms with Gasteiger partial charge in [-0.1, -0.05) is 0 Å². The number of ether oxygens (including phenoxy) is 1. The van der Waals surface area contributed by atoms with E-state index in [1.165, 1.54) is 0 Å². The molecule has 1 aromatic rings. The van der Waals surface area contributed by atoms with E-state index >= 15 is 0 Å². The van der Waals surface area contributed by atoms with Crippen molar-refractivity contribution in [2.75, 3.05) is 19.8 Å². The monoisotopic (exact) mass is 269 g/mol. The molecule has 0 saturated carbocycles. The first-order valence-corrected chi connectivity index (χ1v) is 7.04. The fraction of sp³-hybridized carbons (Fsp3) is 0.667. The number of amides is 1. The quantitative estimate of drug-likeness (QED) is 0.840. The molecule has 1 aliphatic rings. The summed E-state index contributed by atoms with van der Waals surface area (Å²) in [5.74, 6) is -0.0715. The molecule has 1 aliphatic heterocycles. The fourth-order valence-corrected chi connectivity index (χ4v) is 2.61. The second-order valence-electron chi connectivity index (χ2n) is 4.63. The van der Waals surface area contributed by atoms with E-state index in [1.54, 1.807) is 11.3 Å². The van der Waals surface area contributed by atoms with Crippen LogP contribution in [0.4, 0.5) is 0 Å². The highest BCUT2D eigenvalue weighted by atomic mass is 32.1. The van der Waals surface area contributed by atoms with E-state index in [1.807, 2.05) is 12.3 Å². The molecule has 2 rings (SSSR count). The van der Waals surface area contributed by atoms with Crippen molar-refractivity contribution in [2.24, 2.45) is 5.73 Å². The molecular formula is C12H19N3O2S. The van der Waals surface area contributed by atoms with Gasteiger partial charge < -0.3 is 15.8 Å². The molecule has 3 N–H and O–H groups in total. The van der Waals surface area contributed by atoms with Crippen LogP contribution in [0.25, 0.3) is 0 Å². The third kappa shape index (κ3) is 3.28. The largest absolute Gasteiger partial charge is 0.381 e. The van der Waals surface area contributed by atoms with Gasteiger partial charge in [0.15, 0.2) is 0 Å². The number of nitrogens with zero attached hydrogens (tertiary/aromatic N) is 1. The Balaban J connectivity index is 1.77. The minimum Gasteiger partial charge on any atom is -0.381 e. The van der Waals surface area contributed by atoms with Crippen molar-refractivity contribution in [3.8, 4) is 0 Å². The first-order chi connectivity index (χ1) is 8.60. The summed E-state index contributed by atoms with van der Waals surface area (Å²) in [6, 6.07) is 0. The summed E-state index contributed by atoms with van der Waals surface area (Å²) >= 11 is 1.63. The molecule has 2 heterocycles. The zero-order valence-corrected chi connectivity index (χ0v) is 11.4. The number of rotatable bonds is 4. The first-order valence-electron chi connectivity index (χ1n) is 6.16. The molecule has 6 heteroatoms. The van der Waals surface area contributed by atoms with Crippen molar-refractivity contribution in [3.63, 3.8) is 0 Å². The normalized spacial score (nSPS) is 18.6. The average Bonchev–Trinajstić information content (AvgIpc) is 2.76. The maximum absolute atomic E-state index is 12.0. The summed E-state index contributed by atoms with van der Waals surface area (Å²) in [6.07, 6.45) is 1.94. The summed E-state index contributed by atoms with van der Waals surface area (Å²) in [6.45, 7) is 3.69. The van der Waals surface area contributed by atoms with Crippen molar-refractivity contribution >= 4 is 17.2 Å². The van der Waals surface area contributed by atoms with Gasteiger partial charge in [-0.3, -0.25) is 4.79 Å². The smallest absolute Gasteiger partial charge is 0.240 e. The van der Waals surface area contributed by atoms with E-state index in [-0.39, 0.29) is 5.91 Å². The highest BCUT2D eigenvalue weighted by Gasteiger charge is 2.35. The van der Waals surface area contributed by atoms with Crippen LogP contribution in [-0.2, 0) is 16.0 Å². The van der Waals surface area contributed by atoms with Crippen LogP contribution in [-0.4, -0.2) is 36.2 Å². The van der Waals surface area contributed by atoms with Gasteiger partial charge in [0.25, 0.3) is 0 Å². The standard InChI is InChI=1S/C12H19N3O2S/c1-9-15-10(8-18-9)2-5-14-11(16)12(13)3-6-17-7-4-12/h8H,2-7,13H2,1H3,(H,14,16). The third-order valence-electron chi connectivity index (χ3n) is 3.17. The van der Waals surface area contributed by atoms with E-state index in [9.17, 15) is 4.79 Å². The number of thiazole rings is 1. The van der Waals surface area contributed by atoms with Gasteiger partial charge in [0.1, 0.15) is 0 Å². The van der Waals surface area contributed by atoms with Crippen LogP contribution >= 0.6 is 11.3 Å².